The summed E-state index contributed by atoms with van der Waals surface area (Å²) in [4.78, 5) is 22.5. The molecule has 3 aromatic heterocycles. The van der Waals surface area contributed by atoms with Crippen LogP contribution in [0.2, 0.25) is 0 Å². The van der Waals surface area contributed by atoms with E-state index in [9.17, 15) is 15.0 Å². The third-order valence-electron chi connectivity index (χ3n) is 5.96. The van der Waals surface area contributed by atoms with Crippen molar-refractivity contribution in [1.82, 2.24) is 25.1 Å². The Kier molecular flexibility index (Phi) is 4.62. The van der Waals surface area contributed by atoms with E-state index in [0.717, 1.165) is 31.1 Å². The molecule has 10 heteroatoms. The van der Waals surface area contributed by atoms with Crippen LogP contribution in [0, 0.1) is 0 Å². The molecule has 1 amide bonds. The topological polar surface area (TPSA) is 139 Å². The summed E-state index contributed by atoms with van der Waals surface area (Å²) in [7, 11) is 0. The van der Waals surface area contributed by atoms with E-state index in [2.05, 4.69) is 25.8 Å². The number of carbonyl (C=O) groups is 1. The maximum Gasteiger partial charge on any atom is 0.407 e. The zero-order chi connectivity index (χ0) is 20.7. The summed E-state index contributed by atoms with van der Waals surface area (Å²) in [6.45, 7) is -0.139. The van der Waals surface area contributed by atoms with Crippen molar-refractivity contribution in [2.75, 3.05) is 10.6 Å². The van der Waals surface area contributed by atoms with Crippen molar-refractivity contribution in [1.29, 1.82) is 0 Å². The fraction of sp³-hybridized carbons (Fsp3) is 0.400. The van der Waals surface area contributed by atoms with Gasteiger partial charge in [-0.3, -0.25) is 10.1 Å². The lowest BCUT2D eigenvalue weighted by Crippen LogP contribution is -2.49. The van der Waals surface area contributed by atoms with E-state index >= 15 is 0 Å². The van der Waals surface area contributed by atoms with Crippen LogP contribution in [0.15, 0.2) is 30.5 Å². The molecule has 0 aliphatic carbocycles. The summed E-state index contributed by atoms with van der Waals surface area (Å²) in [6, 6.07) is 7.55. The van der Waals surface area contributed by atoms with Crippen molar-refractivity contribution in [3.8, 4) is 0 Å². The second-order valence-electron chi connectivity index (χ2n) is 7.86. The molecule has 2 aliphatic heterocycles. The molecule has 0 radical (unpaired) electrons. The van der Waals surface area contributed by atoms with Crippen LogP contribution in [0.1, 0.15) is 31.4 Å². The first-order valence-corrected chi connectivity index (χ1v) is 10.1. The molecule has 30 heavy (non-hydrogen) atoms. The Balaban J connectivity index is 1.46. The Bertz CT molecular complexity index is 1060. The van der Waals surface area contributed by atoms with Crippen LogP contribution in [0.5, 0.6) is 0 Å². The van der Waals surface area contributed by atoms with Gasteiger partial charge < -0.3 is 25.7 Å². The number of piperidine rings is 1. The molecule has 0 saturated carbocycles. The third-order valence-corrected chi connectivity index (χ3v) is 5.96. The summed E-state index contributed by atoms with van der Waals surface area (Å²) in [5.74, 6) is 1.92. The van der Waals surface area contributed by atoms with E-state index in [0.29, 0.717) is 28.7 Å². The Hall–Kier alpha value is -3.40. The van der Waals surface area contributed by atoms with Gasteiger partial charge in [-0.15, -0.1) is 0 Å². The number of H-pyrrole nitrogens is 1. The van der Waals surface area contributed by atoms with Crippen LogP contribution in [0.25, 0.3) is 10.9 Å². The number of fused-ring (bicyclic) bond motifs is 3. The van der Waals surface area contributed by atoms with Crippen molar-refractivity contribution in [2.24, 2.45) is 0 Å². The van der Waals surface area contributed by atoms with Crippen molar-refractivity contribution >= 4 is 34.4 Å². The fourth-order valence-electron chi connectivity index (χ4n) is 4.69. The quantitative estimate of drug-likeness (QED) is 0.433. The number of aromatic amines is 1. The van der Waals surface area contributed by atoms with Crippen molar-refractivity contribution < 1.29 is 15.0 Å². The number of hydrogen-bond donors (Lipinski definition) is 5. The lowest BCUT2D eigenvalue weighted by Gasteiger charge is -2.37. The van der Waals surface area contributed by atoms with E-state index in [-0.39, 0.29) is 24.7 Å². The number of rotatable bonds is 5. The van der Waals surface area contributed by atoms with Crippen molar-refractivity contribution in [3.63, 3.8) is 0 Å². The Labute approximate surface area is 172 Å². The number of anilines is 3. The molecule has 2 fully saturated rings. The molecule has 2 saturated heterocycles. The average Bonchev–Trinajstić information content (AvgIpc) is 3.33. The molecule has 5 N–H and O–H groups in total. The number of carboxylic acid groups (broad SMARTS) is 1. The smallest absolute Gasteiger partial charge is 0.407 e. The lowest BCUT2D eigenvalue weighted by molar-refractivity contribution is 0.0994. The predicted octanol–water partition coefficient (Wildman–Crippen LogP) is 2.67. The van der Waals surface area contributed by atoms with Gasteiger partial charge in [-0.2, -0.15) is 5.10 Å². The SMILES string of the molecule is O=C(O)N1[C@@H]2CC[C@H]1CC(Nc1nc(Nc3cc[nH]n3)cc3nc(CO)ccc13)C2. The number of nitrogens with zero attached hydrogens (tertiary/aromatic N) is 4. The van der Waals surface area contributed by atoms with Crippen LogP contribution in [-0.2, 0) is 6.61 Å². The molecule has 0 spiro atoms. The average molecular weight is 409 g/mol. The number of nitrogens with one attached hydrogen (secondary N) is 3. The molecule has 0 aromatic carbocycles. The first-order chi connectivity index (χ1) is 14.6. The monoisotopic (exact) mass is 409 g/mol. The van der Waals surface area contributed by atoms with Gasteiger partial charge in [0, 0.05) is 41.8 Å². The van der Waals surface area contributed by atoms with Gasteiger partial charge in [0.2, 0.25) is 0 Å². The molecule has 5 heterocycles. The first-order valence-electron chi connectivity index (χ1n) is 10.1. The van der Waals surface area contributed by atoms with E-state index in [1.807, 2.05) is 12.1 Å². The van der Waals surface area contributed by atoms with Gasteiger partial charge >= 0.3 is 6.09 Å². The van der Waals surface area contributed by atoms with Crippen LogP contribution < -0.4 is 10.6 Å². The van der Waals surface area contributed by atoms with Gasteiger partial charge in [0.25, 0.3) is 0 Å². The van der Waals surface area contributed by atoms with Gasteiger partial charge in [-0.1, -0.05) is 0 Å². The van der Waals surface area contributed by atoms with E-state index in [1.54, 1.807) is 23.2 Å². The zero-order valence-corrected chi connectivity index (χ0v) is 16.2. The van der Waals surface area contributed by atoms with Gasteiger partial charge in [-0.25, -0.2) is 9.78 Å². The van der Waals surface area contributed by atoms with E-state index in [1.165, 1.54) is 0 Å². The van der Waals surface area contributed by atoms with Gasteiger partial charge in [-0.05, 0) is 37.8 Å². The largest absolute Gasteiger partial charge is 0.465 e. The number of amides is 1. The van der Waals surface area contributed by atoms with E-state index in [4.69, 9.17) is 4.98 Å². The molecule has 2 aliphatic rings. The summed E-state index contributed by atoms with van der Waals surface area (Å²) < 4.78 is 0. The van der Waals surface area contributed by atoms with Gasteiger partial charge in [0.15, 0.2) is 5.82 Å². The molecular formula is C20H23N7O3. The minimum absolute atomic E-state index is 0.0505. The summed E-state index contributed by atoms with van der Waals surface area (Å²) in [5.41, 5.74) is 1.29. The van der Waals surface area contributed by atoms with Gasteiger partial charge in [0.05, 0.1) is 17.8 Å². The molecule has 1 unspecified atom stereocenters. The molecule has 3 atom stereocenters. The van der Waals surface area contributed by atoms with Crippen LogP contribution >= 0.6 is 0 Å². The zero-order valence-electron chi connectivity index (χ0n) is 16.2. The van der Waals surface area contributed by atoms with Gasteiger partial charge in [0.1, 0.15) is 11.6 Å². The van der Waals surface area contributed by atoms with E-state index < -0.39 is 6.09 Å². The second kappa shape index (κ2) is 7.45. The molecule has 156 valence electrons. The molecule has 2 bridgehead atoms. The number of aliphatic hydroxyl groups excluding tert-OH is 1. The van der Waals surface area contributed by atoms with Crippen molar-refractivity contribution in [2.45, 2.75) is 50.4 Å². The van der Waals surface area contributed by atoms with Crippen LogP contribution in [0.4, 0.5) is 22.2 Å². The number of aromatic nitrogens is 4. The minimum Gasteiger partial charge on any atom is -0.465 e. The fourth-order valence-corrected chi connectivity index (χ4v) is 4.69. The standard InChI is InChI=1S/C20H23N7O3/c28-10-11-1-4-15-16(22-11)9-18(24-17-5-6-21-26-17)25-19(15)23-12-7-13-2-3-14(8-12)27(13)20(29)30/h1,4-6,9,12-14,28H,2-3,7-8,10H2,(H,29,30)(H3,21,23,24,25,26)/t12?,13-,14+. The second-order valence-corrected chi connectivity index (χ2v) is 7.86. The predicted molar refractivity (Wildman–Crippen MR) is 111 cm³/mol. The molecule has 10 nitrogen and oxygen atoms in total. The Morgan fingerprint density at radius 1 is 1.17 bits per heavy atom. The maximum atomic E-state index is 11.6. The van der Waals surface area contributed by atoms with Crippen LogP contribution in [0.3, 0.4) is 0 Å². The highest BCUT2D eigenvalue weighted by molar-refractivity contribution is 5.91. The van der Waals surface area contributed by atoms with Crippen LogP contribution in [-0.4, -0.2) is 59.5 Å². The normalized spacial score (nSPS) is 23.0. The number of hydrogen-bond acceptors (Lipinski definition) is 7. The highest BCUT2D eigenvalue weighted by Crippen LogP contribution is 2.37. The molecule has 5 rings (SSSR count). The highest BCUT2D eigenvalue weighted by Gasteiger charge is 2.43. The Morgan fingerprint density at radius 3 is 2.63 bits per heavy atom. The van der Waals surface area contributed by atoms with Crippen molar-refractivity contribution in [3.05, 3.63) is 36.2 Å². The first kappa shape index (κ1) is 18.6. The minimum atomic E-state index is -0.824. The molecule has 3 aromatic rings. The summed E-state index contributed by atoms with van der Waals surface area (Å²) in [6.07, 6.45) is 4.22. The summed E-state index contributed by atoms with van der Waals surface area (Å²) in [5, 5.41) is 33.4. The maximum absolute atomic E-state index is 11.6. The number of pyridine rings is 2. The number of aliphatic hydroxyl groups is 1. The lowest BCUT2D eigenvalue weighted by atomic mass is 9.97. The summed E-state index contributed by atoms with van der Waals surface area (Å²) >= 11 is 0. The third kappa shape index (κ3) is 3.39. The molecular weight excluding hydrogens is 386 g/mol. The highest BCUT2D eigenvalue weighted by atomic mass is 16.4. The Morgan fingerprint density at radius 2 is 1.97 bits per heavy atom.